The second-order valence-electron chi connectivity index (χ2n) is 4.58. The number of amides is 2. The highest BCUT2D eigenvalue weighted by atomic mass is 16.2. The van der Waals surface area contributed by atoms with Crippen LogP contribution in [-0.4, -0.2) is 37.5 Å². The van der Waals surface area contributed by atoms with Crippen LogP contribution in [-0.2, 0) is 9.59 Å². The summed E-state index contributed by atoms with van der Waals surface area (Å²) in [6, 6.07) is 0.729. The molecule has 16 heavy (non-hydrogen) atoms. The summed E-state index contributed by atoms with van der Waals surface area (Å²) in [5.41, 5.74) is 0. The minimum absolute atomic E-state index is 0.00442. The Morgan fingerprint density at radius 3 is 2.81 bits per heavy atom. The normalized spacial score (nSPS) is 24.2. The zero-order valence-electron chi connectivity index (χ0n) is 9.42. The van der Waals surface area contributed by atoms with E-state index < -0.39 is 0 Å². The van der Waals surface area contributed by atoms with Gasteiger partial charge in [-0.1, -0.05) is 0 Å². The molecule has 1 unspecified atom stereocenters. The molecule has 1 heterocycles. The van der Waals surface area contributed by atoms with Crippen LogP contribution in [0.1, 0.15) is 25.7 Å². The maximum atomic E-state index is 11.6. The standard InChI is InChI=1S/C11H19N3O2/c15-10-6-8(7-14-10)11(16)13-5-1-4-12-9-2-3-9/h8-9,12H,1-7H2,(H,13,16)(H,14,15). The molecular weight excluding hydrogens is 206 g/mol. The molecule has 0 bridgehead atoms. The summed E-state index contributed by atoms with van der Waals surface area (Å²) in [5, 5.41) is 8.92. The minimum Gasteiger partial charge on any atom is -0.356 e. The van der Waals surface area contributed by atoms with Gasteiger partial charge in [-0.15, -0.1) is 0 Å². The van der Waals surface area contributed by atoms with Gasteiger partial charge in [0.15, 0.2) is 0 Å². The van der Waals surface area contributed by atoms with Crippen molar-refractivity contribution in [2.24, 2.45) is 5.92 Å². The second-order valence-corrected chi connectivity index (χ2v) is 4.58. The fraction of sp³-hybridized carbons (Fsp3) is 0.818. The topological polar surface area (TPSA) is 70.2 Å². The van der Waals surface area contributed by atoms with E-state index in [1.807, 2.05) is 0 Å². The smallest absolute Gasteiger partial charge is 0.225 e. The first kappa shape index (κ1) is 11.4. The molecule has 2 fully saturated rings. The largest absolute Gasteiger partial charge is 0.356 e. The maximum Gasteiger partial charge on any atom is 0.225 e. The monoisotopic (exact) mass is 225 g/mol. The molecule has 1 atom stereocenters. The molecule has 1 aliphatic heterocycles. The van der Waals surface area contributed by atoms with Gasteiger partial charge in [0.05, 0.1) is 5.92 Å². The van der Waals surface area contributed by atoms with Crippen molar-refractivity contribution in [1.82, 2.24) is 16.0 Å². The van der Waals surface area contributed by atoms with Gasteiger partial charge in [-0.3, -0.25) is 9.59 Å². The molecule has 1 saturated carbocycles. The first-order valence-corrected chi connectivity index (χ1v) is 6.03. The predicted octanol–water partition coefficient (Wildman–Crippen LogP) is -0.619. The van der Waals surface area contributed by atoms with Crippen LogP contribution in [0.4, 0.5) is 0 Å². The lowest BCUT2D eigenvalue weighted by Crippen LogP contribution is -2.33. The zero-order valence-corrected chi connectivity index (χ0v) is 9.42. The number of nitrogens with one attached hydrogen (secondary N) is 3. The summed E-state index contributed by atoms with van der Waals surface area (Å²) < 4.78 is 0. The highest BCUT2D eigenvalue weighted by molar-refractivity contribution is 5.89. The number of rotatable bonds is 6. The van der Waals surface area contributed by atoms with Gasteiger partial charge >= 0.3 is 0 Å². The molecule has 90 valence electrons. The van der Waals surface area contributed by atoms with Gasteiger partial charge in [-0.2, -0.15) is 0 Å². The van der Waals surface area contributed by atoms with E-state index in [1.54, 1.807) is 0 Å². The molecule has 2 amide bonds. The summed E-state index contributed by atoms with van der Waals surface area (Å²) in [6.45, 7) is 2.15. The molecule has 0 aromatic heterocycles. The lowest BCUT2D eigenvalue weighted by Gasteiger charge is -2.09. The van der Waals surface area contributed by atoms with Gasteiger partial charge < -0.3 is 16.0 Å². The average Bonchev–Trinajstić information content (AvgIpc) is 2.99. The minimum atomic E-state index is -0.163. The van der Waals surface area contributed by atoms with E-state index >= 15 is 0 Å². The van der Waals surface area contributed by atoms with Gasteiger partial charge in [-0.05, 0) is 25.8 Å². The Balaban J connectivity index is 1.51. The third-order valence-electron chi connectivity index (χ3n) is 3.01. The molecule has 0 aromatic carbocycles. The van der Waals surface area contributed by atoms with Crippen LogP contribution in [0.15, 0.2) is 0 Å². The van der Waals surface area contributed by atoms with Gasteiger partial charge in [0.25, 0.3) is 0 Å². The molecular formula is C11H19N3O2. The number of hydrogen-bond donors (Lipinski definition) is 3. The Labute approximate surface area is 95.3 Å². The summed E-state index contributed by atoms with van der Waals surface area (Å²) >= 11 is 0. The predicted molar refractivity (Wildman–Crippen MR) is 59.8 cm³/mol. The Bertz CT molecular complexity index is 276. The second kappa shape index (κ2) is 5.30. The quantitative estimate of drug-likeness (QED) is 0.528. The highest BCUT2D eigenvalue weighted by Gasteiger charge is 2.27. The van der Waals surface area contributed by atoms with E-state index in [2.05, 4.69) is 16.0 Å². The lowest BCUT2D eigenvalue weighted by atomic mass is 10.1. The molecule has 5 nitrogen and oxygen atoms in total. The van der Waals surface area contributed by atoms with Crippen LogP contribution in [0.25, 0.3) is 0 Å². The first-order valence-electron chi connectivity index (χ1n) is 6.03. The summed E-state index contributed by atoms with van der Waals surface area (Å²) in [4.78, 5) is 22.5. The van der Waals surface area contributed by atoms with Crippen molar-refractivity contribution in [3.05, 3.63) is 0 Å². The molecule has 1 aliphatic carbocycles. The van der Waals surface area contributed by atoms with E-state index in [9.17, 15) is 9.59 Å². The fourth-order valence-electron chi connectivity index (χ4n) is 1.83. The molecule has 0 spiro atoms. The van der Waals surface area contributed by atoms with Crippen molar-refractivity contribution < 1.29 is 9.59 Å². The van der Waals surface area contributed by atoms with Crippen LogP contribution in [0.3, 0.4) is 0 Å². The SMILES string of the molecule is O=C1CC(C(=O)NCCCNC2CC2)CN1. The van der Waals surface area contributed by atoms with Gasteiger partial charge in [0, 0.05) is 25.6 Å². The van der Waals surface area contributed by atoms with E-state index in [4.69, 9.17) is 0 Å². The molecule has 5 heteroatoms. The Morgan fingerprint density at radius 1 is 1.38 bits per heavy atom. The van der Waals surface area contributed by atoms with Crippen LogP contribution in [0.5, 0.6) is 0 Å². The van der Waals surface area contributed by atoms with E-state index in [1.165, 1.54) is 12.8 Å². The lowest BCUT2D eigenvalue weighted by molar-refractivity contribution is -0.126. The van der Waals surface area contributed by atoms with Crippen LogP contribution in [0.2, 0.25) is 0 Å². The van der Waals surface area contributed by atoms with E-state index in [0.717, 1.165) is 19.0 Å². The third-order valence-corrected chi connectivity index (χ3v) is 3.01. The molecule has 0 aromatic rings. The van der Waals surface area contributed by atoms with Crippen molar-refractivity contribution in [3.63, 3.8) is 0 Å². The van der Waals surface area contributed by atoms with Crippen molar-refractivity contribution in [1.29, 1.82) is 0 Å². The summed E-state index contributed by atoms with van der Waals surface area (Å²) in [6.07, 6.45) is 3.88. The number of carbonyl (C=O) groups excluding carboxylic acids is 2. The third kappa shape index (κ3) is 3.48. The summed E-state index contributed by atoms with van der Waals surface area (Å²) in [5.74, 6) is -0.177. The van der Waals surface area contributed by atoms with Crippen LogP contribution in [0, 0.1) is 5.92 Å². The Kier molecular flexibility index (Phi) is 3.77. The van der Waals surface area contributed by atoms with Crippen LogP contribution >= 0.6 is 0 Å². The zero-order chi connectivity index (χ0) is 11.4. The van der Waals surface area contributed by atoms with Crippen molar-refractivity contribution in [2.45, 2.75) is 31.7 Å². The van der Waals surface area contributed by atoms with Gasteiger partial charge in [0.2, 0.25) is 11.8 Å². The Hall–Kier alpha value is -1.10. The number of hydrogen-bond acceptors (Lipinski definition) is 3. The molecule has 2 rings (SSSR count). The van der Waals surface area contributed by atoms with Crippen molar-refractivity contribution in [2.75, 3.05) is 19.6 Å². The molecule has 2 aliphatic rings. The maximum absolute atomic E-state index is 11.6. The van der Waals surface area contributed by atoms with E-state index in [-0.39, 0.29) is 17.7 Å². The highest BCUT2D eigenvalue weighted by Crippen LogP contribution is 2.18. The van der Waals surface area contributed by atoms with E-state index in [0.29, 0.717) is 19.5 Å². The van der Waals surface area contributed by atoms with Crippen LogP contribution < -0.4 is 16.0 Å². The van der Waals surface area contributed by atoms with Crippen molar-refractivity contribution in [3.8, 4) is 0 Å². The molecule has 1 saturated heterocycles. The average molecular weight is 225 g/mol. The first-order chi connectivity index (χ1) is 7.75. The fourth-order valence-corrected chi connectivity index (χ4v) is 1.83. The van der Waals surface area contributed by atoms with Gasteiger partial charge in [0.1, 0.15) is 0 Å². The van der Waals surface area contributed by atoms with Gasteiger partial charge in [-0.25, -0.2) is 0 Å². The van der Waals surface area contributed by atoms with Crippen molar-refractivity contribution >= 4 is 11.8 Å². The summed E-state index contributed by atoms with van der Waals surface area (Å²) in [7, 11) is 0. The molecule has 0 radical (unpaired) electrons. The molecule has 3 N–H and O–H groups in total. The number of carbonyl (C=O) groups is 2. The Morgan fingerprint density at radius 2 is 2.19 bits per heavy atom.